The molecule has 3 aromatic heterocycles. The van der Waals surface area contributed by atoms with Crippen LogP contribution in [0.5, 0.6) is 0 Å². The first-order valence-electron chi connectivity index (χ1n) is 11.7. The molecule has 3 N–H and O–H groups in total. The Kier molecular flexibility index (Phi) is 7.39. The summed E-state index contributed by atoms with van der Waals surface area (Å²) in [6.45, 7) is 5.78. The first-order chi connectivity index (χ1) is 17.0. The molecule has 4 rings (SSSR count). The molecule has 0 radical (unpaired) electrons. The minimum Gasteiger partial charge on any atom is -0.330 e. The molecule has 0 unspecified atom stereocenters. The van der Waals surface area contributed by atoms with E-state index in [4.69, 9.17) is 5.73 Å². The van der Waals surface area contributed by atoms with Gasteiger partial charge in [-0.15, -0.1) is 5.92 Å². The molecule has 0 saturated heterocycles. The van der Waals surface area contributed by atoms with Gasteiger partial charge < -0.3 is 15.6 Å². The van der Waals surface area contributed by atoms with Crippen LogP contribution in [-0.4, -0.2) is 41.7 Å². The van der Waals surface area contributed by atoms with Crippen molar-refractivity contribution in [1.82, 2.24) is 34.0 Å². The standard InChI is InChI=1S/C25H30N8O2/c1-4-5-14-32-21(15-27-13-9-8-12-26)30-23-22(32)24(34)33(25(35)31(23)3)16-20-28-17(2)18-10-6-7-11-19(18)29-20/h6-7,10-11,27H,8-9,12-16,26H2,1-3H3. The number of aryl methyl sites for hydroxylation is 2. The number of nitrogens with two attached hydrogens (primary N) is 1. The number of aromatic nitrogens is 6. The van der Waals surface area contributed by atoms with Crippen molar-refractivity contribution >= 4 is 22.1 Å². The van der Waals surface area contributed by atoms with Gasteiger partial charge in [-0.1, -0.05) is 24.1 Å². The quantitative estimate of drug-likeness (QED) is 0.274. The Labute approximate surface area is 202 Å². The zero-order chi connectivity index (χ0) is 24.9. The van der Waals surface area contributed by atoms with Gasteiger partial charge in [0, 0.05) is 18.1 Å². The average Bonchev–Trinajstić information content (AvgIpc) is 3.22. The second kappa shape index (κ2) is 10.6. The molecule has 0 spiro atoms. The summed E-state index contributed by atoms with van der Waals surface area (Å²) >= 11 is 0. The zero-order valence-electron chi connectivity index (χ0n) is 20.3. The summed E-state index contributed by atoms with van der Waals surface area (Å²) in [4.78, 5) is 40.6. The topological polar surface area (TPSA) is 126 Å². The second-order valence-corrected chi connectivity index (χ2v) is 8.36. The predicted octanol–water partition coefficient (Wildman–Crippen LogP) is 1.05. The third kappa shape index (κ3) is 4.87. The van der Waals surface area contributed by atoms with Crippen molar-refractivity contribution < 1.29 is 0 Å². The highest BCUT2D eigenvalue weighted by Gasteiger charge is 2.20. The van der Waals surface area contributed by atoms with Gasteiger partial charge in [-0.25, -0.2) is 19.7 Å². The van der Waals surface area contributed by atoms with E-state index in [0.717, 1.165) is 36.0 Å². The molecule has 0 bridgehead atoms. The van der Waals surface area contributed by atoms with Crippen LogP contribution in [0, 0.1) is 18.8 Å². The van der Waals surface area contributed by atoms with Crippen molar-refractivity contribution in [3.63, 3.8) is 0 Å². The summed E-state index contributed by atoms with van der Waals surface area (Å²) in [6.07, 6.45) is 1.88. The number of benzene rings is 1. The van der Waals surface area contributed by atoms with Crippen LogP contribution in [0.2, 0.25) is 0 Å². The number of nitrogens with one attached hydrogen (secondary N) is 1. The second-order valence-electron chi connectivity index (χ2n) is 8.36. The Hall–Kier alpha value is -3.81. The van der Waals surface area contributed by atoms with Crippen LogP contribution in [0.1, 0.15) is 37.1 Å². The maximum absolute atomic E-state index is 13.6. The normalized spacial score (nSPS) is 11.2. The van der Waals surface area contributed by atoms with Gasteiger partial charge in [0.1, 0.15) is 11.6 Å². The molecule has 0 aliphatic carbocycles. The van der Waals surface area contributed by atoms with E-state index in [0.29, 0.717) is 42.4 Å². The smallest absolute Gasteiger partial charge is 0.330 e. The highest BCUT2D eigenvalue weighted by Crippen LogP contribution is 2.15. The molecule has 3 heterocycles. The van der Waals surface area contributed by atoms with E-state index < -0.39 is 11.2 Å². The maximum atomic E-state index is 13.6. The zero-order valence-corrected chi connectivity index (χ0v) is 20.3. The summed E-state index contributed by atoms with van der Waals surface area (Å²) in [5, 5.41) is 4.28. The average molecular weight is 475 g/mol. The Morgan fingerprint density at radius 3 is 2.66 bits per heavy atom. The third-order valence-electron chi connectivity index (χ3n) is 5.96. The van der Waals surface area contributed by atoms with E-state index in [1.807, 2.05) is 31.2 Å². The van der Waals surface area contributed by atoms with Crippen molar-refractivity contribution in [2.45, 2.75) is 46.3 Å². The fraction of sp³-hybridized carbons (Fsp3) is 0.400. The maximum Gasteiger partial charge on any atom is 0.332 e. The van der Waals surface area contributed by atoms with Gasteiger partial charge >= 0.3 is 5.69 Å². The van der Waals surface area contributed by atoms with Gasteiger partial charge in [0.2, 0.25) is 0 Å². The minimum atomic E-state index is -0.467. The number of fused-ring (bicyclic) bond motifs is 2. The Morgan fingerprint density at radius 1 is 1.09 bits per heavy atom. The number of unbranched alkanes of at least 4 members (excludes halogenated alkanes) is 1. The molecular formula is C25H30N8O2. The minimum absolute atomic E-state index is 0.0373. The Balaban J connectivity index is 1.79. The molecule has 182 valence electrons. The lowest BCUT2D eigenvalue weighted by Gasteiger charge is -2.10. The fourth-order valence-electron chi connectivity index (χ4n) is 4.12. The third-order valence-corrected chi connectivity index (χ3v) is 5.96. The lowest BCUT2D eigenvalue weighted by atomic mass is 10.2. The first kappa shape index (κ1) is 24.3. The molecule has 0 atom stereocenters. The van der Waals surface area contributed by atoms with E-state index in [2.05, 4.69) is 32.1 Å². The molecule has 0 aliphatic rings. The number of rotatable bonds is 9. The monoisotopic (exact) mass is 474 g/mol. The first-order valence-corrected chi connectivity index (χ1v) is 11.7. The Bertz CT molecular complexity index is 1550. The van der Waals surface area contributed by atoms with Crippen LogP contribution < -0.4 is 22.3 Å². The molecule has 0 aliphatic heterocycles. The number of nitrogens with zero attached hydrogens (tertiary/aromatic N) is 6. The lowest BCUT2D eigenvalue weighted by molar-refractivity contribution is 0.596. The van der Waals surface area contributed by atoms with Gasteiger partial charge in [-0.2, -0.15) is 0 Å². The van der Waals surface area contributed by atoms with Crippen LogP contribution in [0.3, 0.4) is 0 Å². The molecule has 1 aromatic carbocycles. The molecule has 4 aromatic rings. The highest BCUT2D eigenvalue weighted by molar-refractivity contribution is 5.80. The number of imidazole rings is 1. The van der Waals surface area contributed by atoms with Crippen molar-refractivity contribution in [2.24, 2.45) is 12.8 Å². The fourth-order valence-corrected chi connectivity index (χ4v) is 4.12. The molecule has 0 amide bonds. The molecular weight excluding hydrogens is 444 g/mol. The molecule has 0 saturated carbocycles. The van der Waals surface area contributed by atoms with E-state index in [1.54, 1.807) is 18.5 Å². The number of hydrogen-bond acceptors (Lipinski definition) is 7. The predicted molar refractivity (Wildman–Crippen MR) is 136 cm³/mol. The van der Waals surface area contributed by atoms with Gasteiger partial charge in [0.05, 0.1) is 25.2 Å². The molecule has 0 fully saturated rings. The van der Waals surface area contributed by atoms with E-state index in [-0.39, 0.29) is 6.54 Å². The summed E-state index contributed by atoms with van der Waals surface area (Å²) in [5.41, 5.74) is 6.91. The van der Waals surface area contributed by atoms with Crippen LogP contribution in [0.4, 0.5) is 0 Å². The van der Waals surface area contributed by atoms with Crippen molar-refractivity contribution in [3.8, 4) is 11.8 Å². The van der Waals surface area contributed by atoms with Gasteiger partial charge in [0.25, 0.3) is 5.56 Å². The van der Waals surface area contributed by atoms with Crippen LogP contribution in [-0.2, 0) is 26.7 Å². The van der Waals surface area contributed by atoms with Crippen molar-refractivity contribution in [2.75, 3.05) is 13.1 Å². The van der Waals surface area contributed by atoms with Crippen LogP contribution >= 0.6 is 0 Å². The summed E-state index contributed by atoms with van der Waals surface area (Å²) in [5.74, 6) is 6.95. The number of hydrogen-bond donors (Lipinski definition) is 2. The summed E-state index contributed by atoms with van der Waals surface area (Å²) in [6, 6.07) is 7.67. The van der Waals surface area contributed by atoms with Crippen molar-refractivity contribution in [1.29, 1.82) is 0 Å². The SMILES string of the molecule is CC#CCn1c(CNCCCCN)nc2c1c(=O)n(Cc1nc(C)c3ccccc3n1)c(=O)n2C. The van der Waals surface area contributed by atoms with Crippen LogP contribution in [0.15, 0.2) is 33.9 Å². The number of para-hydroxylation sites is 1. The lowest BCUT2D eigenvalue weighted by Crippen LogP contribution is -2.40. The van der Waals surface area contributed by atoms with E-state index in [9.17, 15) is 9.59 Å². The van der Waals surface area contributed by atoms with E-state index >= 15 is 0 Å². The largest absolute Gasteiger partial charge is 0.332 e. The van der Waals surface area contributed by atoms with Crippen LogP contribution in [0.25, 0.3) is 22.1 Å². The van der Waals surface area contributed by atoms with Gasteiger partial charge in [0.15, 0.2) is 11.2 Å². The van der Waals surface area contributed by atoms with Gasteiger partial charge in [-0.3, -0.25) is 13.9 Å². The summed E-state index contributed by atoms with van der Waals surface area (Å²) < 4.78 is 4.35. The molecule has 10 nitrogen and oxygen atoms in total. The van der Waals surface area contributed by atoms with E-state index in [1.165, 1.54) is 9.13 Å². The van der Waals surface area contributed by atoms with Crippen molar-refractivity contribution in [3.05, 3.63) is 62.4 Å². The molecule has 35 heavy (non-hydrogen) atoms. The highest BCUT2D eigenvalue weighted by atomic mass is 16.2. The Morgan fingerprint density at radius 2 is 1.89 bits per heavy atom. The molecule has 10 heteroatoms. The van der Waals surface area contributed by atoms with Gasteiger partial charge in [-0.05, 0) is 45.8 Å². The summed E-state index contributed by atoms with van der Waals surface area (Å²) in [7, 11) is 1.62.